The van der Waals surface area contributed by atoms with E-state index in [1.54, 1.807) is 0 Å². The number of benzene rings is 8. The van der Waals surface area contributed by atoms with Gasteiger partial charge in [0.25, 0.3) is 0 Å². The molecule has 14 rings (SSSR count). The normalized spacial score (nSPS) is 13.3. The molecule has 6 heteroatoms. The number of fused-ring (bicyclic) bond motifs is 6. The van der Waals surface area contributed by atoms with E-state index < -0.39 is 0 Å². The van der Waals surface area contributed by atoms with E-state index in [4.69, 9.17) is 0 Å². The predicted octanol–water partition coefficient (Wildman–Crippen LogP) is 26.5. The first-order chi connectivity index (χ1) is 43.4. The van der Waals surface area contributed by atoms with Crippen LogP contribution in [0.3, 0.4) is 0 Å². The summed E-state index contributed by atoms with van der Waals surface area (Å²) < 4.78 is 0. The Morgan fingerprint density at radius 1 is 0.250 bits per heavy atom. The SMILES string of the molecule is CCCCC1(CCCC)c2cc(-c3ccc(-c4ccc(-c5ccc(-c6ccc(-c7ccc8c(c7)C(CCCC)(CCCC)c7cc(N(c9ccccc9)c9ccccc9)ccc7-8)s6)s5)s4)s3)ccc2-c2ccc(N(c3ccccc3)c3ccccc3)cc21. The van der Waals surface area contributed by atoms with Gasteiger partial charge in [0, 0.05) is 84.0 Å². The zero-order valence-electron chi connectivity index (χ0n) is 51.1. The van der Waals surface area contributed by atoms with Crippen molar-refractivity contribution >= 4 is 79.5 Å². The minimum absolute atomic E-state index is 0.0557. The molecule has 0 saturated carbocycles. The standard InChI is InChI=1S/C82H76N2S4/c1-5-9-49-81(50-10-6-2)69-53-57(33-37-65(69)67-39-35-63(55-71(67)81)83(59-25-17-13-18-26-59)60-27-19-14-20-28-60)73-41-43-75(85-73)77-45-47-79(87-77)80-48-46-78(88-80)76-44-42-74(86-76)58-34-38-66-68-40-36-64(84(61-29-21-15-22-30-61)62-31-23-16-24-32-62)56-72(68)82(51-11-7-3,52-12-8-4)70(66)54-58/h13-48,53-56H,5-12,49-52H2,1-4H3. The Labute approximate surface area is 538 Å². The van der Waals surface area contributed by atoms with Gasteiger partial charge in [0.15, 0.2) is 0 Å². The molecule has 12 aromatic rings. The molecule has 4 heterocycles. The number of hydrogen-bond donors (Lipinski definition) is 0. The Kier molecular flexibility index (Phi) is 16.7. The largest absolute Gasteiger partial charge is 0.310 e. The summed E-state index contributed by atoms with van der Waals surface area (Å²) in [4.78, 5) is 15.5. The van der Waals surface area contributed by atoms with E-state index in [1.165, 1.54) is 180 Å². The van der Waals surface area contributed by atoms with Crippen molar-refractivity contribution in [1.29, 1.82) is 0 Å². The topological polar surface area (TPSA) is 6.48 Å². The molecule has 438 valence electrons. The van der Waals surface area contributed by atoms with Crippen molar-refractivity contribution in [2.45, 2.75) is 116 Å². The van der Waals surface area contributed by atoms with E-state index in [0.717, 1.165) is 25.7 Å². The quantitative estimate of drug-likeness (QED) is 0.0630. The fourth-order valence-corrected chi connectivity index (χ4v) is 18.7. The number of hydrogen-bond acceptors (Lipinski definition) is 6. The average Bonchev–Trinajstić information content (AvgIpc) is 1.59. The molecule has 0 fully saturated rings. The third kappa shape index (κ3) is 10.7. The monoisotopic (exact) mass is 1220 g/mol. The molecule has 0 spiro atoms. The molecule has 0 saturated heterocycles. The van der Waals surface area contributed by atoms with Crippen LogP contribution in [0, 0.1) is 0 Å². The summed E-state index contributed by atoms with van der Waals surface area (Å²) in [6, 6.07) is 91.8. The Bertz CT molecular complexity index is 3980. The molecule has 0 aliphatic heterocycles. The highest BCUT2D eigenvalue weighted by molar-refractivity contribution is 7.29. The molecule has 0 radical (unpaired) electrons. The highest BCUT2D eigenvalue weighted by atomic mass is 32.1. The van der Waals surface area contributed by atoms with Crippen molar-refractivity contribution in [2.75, 3.05) is 9.80 Å². The van der Waals surface area contributed by atoms with Gasteiger partial charge in [-0.3, -0.25) is 0 Å². The van der Waals surface area contributed by atoms with Gasteiger partial charge in [-0.15, -0.1) is 45.3 Å². The van der Waals surface area contributed by atoms with Gasteiger partial charge in [0.05, 0.1) is 0 Å². The zero-order chi connectivity index (χ0) is 59.6. The van der Waals surface area contributed by atoms with E-state index in [9.17, 15) is 0 Å². The summed E-state index contributed by atoms with van der Waals surface area (Å²) in [6.45, 7) is 9.41. The Morgan fingerprint density at radius 3 is 0.784 bits per heavy atom. The maximum Gasteiger partial charge on any atom is 0.0465 e. The van der Waals surface area contributed by atoms with E-state index in [1.807, 2.05) is 45.3 Å². The Hall–Kier alpha value is -7.84. The van der Waals surface area contributed by atoms with Gasteiger partial charge in [-0.1, -0.05) is 188 Å². The van der Waals surface area contributed by atoms with Crippen LogP contribution in [0.1, 0.15) is 127 Å². The molecule has 2 aliphatic carbocycles. The average molecular weight is 1220 g/mol. The highest BCUT2D eigenvalue weighted by Gasteiger charge is 2.44. The van der Waals surface area contributed by atoms with E-state index in [0.29, 0.717) is 0 Å². The predicted molar refractivity (Wildman–Crippen MR) is 385 cm³/mol. The van der Waals surface area contributed by atoms with Gasteiger partial charge in [-0.05, 0) is 215 Å². The molecular weight excluding hydrogens is 1140 g/mol. The van der Waals surface area contributed by atoms with Crippen LogP contribution in [0.5, 0.6) is 0 Å². The number of thiophene rings is 4. The summed E-state index contributed by atoms with van der Waals surface area (Å²) in [7, 11) is 0. The minimum Gasteiger partial charge on any atom is -0.310 e. The second-order valence-electron chi connectivity index (χ2n) is 24.2. The van der Waals surface area contributed by atoms with Gasteiger partial charge in [-0.25, -0.2) is 0 Å². The first-order valence-corrected chi connectivity index (χ1v) is 35.5. The third-order valence-corrected chi connectivity index (χ3v) is 23.8. The highest BCUT2D eigenvalue weighted by Crippen LogP contribution is 2.59. The van der Waals surface area contributed by atoms with E-state index in [-0.39, 0.29) is 10.8 Å². The van der Waals surface area contributed by atoms with Crippen LogP contribution in [-0.4, -0.2) is 0 Å². The minimum atomic E-state index is -0.0557. The van der Waals surface area contributed by atoms with Crippen molar-refractivity contribution in [3.05, 3.63) is 265 Å². The van der Waals surface area contributed by atoms with Crippen LogP contribution in [0.15, 0.2) is 243 Å². The molecule has 0 N–H and O–H groups in total. The summed E-state index contributed by atoms with van der Waals surface area (Å²) >= 11 is 7.71. The van der Waals surface area contributed by atoms with Gasteiger partial charge >= 0.3 is 0 Å². The lowest BCUT2D eigenvalue weighted by Crippen LogP contribution is -2.26. The molecule has 2 aliphatic rings. The van der Waals surface area contributed by atoms with Crippen LogP contribution < -0.4 is 9.80 Å². The van der Waals surface area contributed by atoms with Crippen molar-refractivity contribution in [1.82, 2.24) is 0 Å². The van der Waals surface area contributed by atoms with E-state index >= 15 is 0 Å². The number of unbranched alkanes of at least 4 members (excludes halogenated alkanes) is 4. The van der Waals surface area contributed by atoms with Crippen molar-refractivity contribution in [3.63, 3.8) is 0 Å². The van der Waals surface area contributed by atoms with E-state index in [2.05, 4.69) is 280 Å². The van der Waals surface area contributed by atoms with Crippen LogP contribution in [0.2, 0.25) is 0 Å². The maximum atomic E-state index is 2.59. The van der Waals surface area contributed by atoms with Gasteiger partial charge in [0.2, 0.25) is 0 Å². The number of nitrogens with zero attached hydrogens (tertiary/aromatic N) is 2. The second-order valence-corrected chi connectivity index (χ2v) is 28.6. The summed E-state index contributed by atoms with van der Waals surface area (Å²) in [5, 5.41) is 0. The molecule has 2 nitrogen and oxygen atoms in total. The third-order valence-electron chi connectivity index (χ3n) is 18.8. The fourth-order valence-electron chi connectivity index (χ4n) is 14.5. The molecule has 0 bridgehead atoms. The second kappa shape index (κ2) is 25.3. The first-order valence-electron chi connectivity index (χ1n) is 32.2. The molecule has 0 amide bonds. The fraction of sp³-hybridized carbons (Fsp3) is 0.220. The molecule has 8 aromatic carbocycles. The summed E-state index contributed by atoms with van der Waals surface area (Å²) in [5.41, 5.74) is 21.3. The summed E-state index contributed by atoms with van der Waals surface area (Å²) in [5.74, 6) is 0. The van der Waals surface area contributed by atoms with Gasteiger partial charge < -0.3 is 9.80 Å². The lowest BCUT2D eigenvalue weighted by atomic mass is 9.70. The number of rotatable bonds is 23. The molecule has 88 heavy (non-hydrogen) atoms. The molecule has 0 atom stereocenters. The maximum absolute atomic E-state index is 2.59. The smallest absolute Gasteiger partial charge is 0.0465 e. The van der Waals surface area contributed by atoms with Crippen molar-refractivity contribution in [3.8, 4) is 72.4 Å². The van der Waals surface area contributed by atoms with Crippen molar-refractivity contribution < 1.29 is 0 Å². The summed E-state index contributed by atoms with van der Waals surface area (Å²) in [6.07, 6.45) is 14.1. The Balaban J connectivity index is 0.730. The number of anilines is 6. The van der Waals surface area contributed by atoms with Crippen molar-refractivity contribution in [2.24, 2.45) is 0 Å². The lowest BCUT2D eigenvalue weighted by Gasteiger charge is -2.34. The van der Waals surface area contributed by atoms with Crippen LogP contribution in [-0.2, 0) is 10.8 Å². The molecular formula is C82H76N2S4. The molecule has 0 unspecified atom stereocenters. The van der Waals surface area contributed by atoms with Crippen LogP contribution in [0.4, 0.5) is 34.1 Å². The van der Waals surface area contributed by atoms with Gasteiger partial charge in [-0.2, -0.15) is 0 Å². The Morgan fingerprint density at radius 2 is 0.500 bits per heavy atom. The van der Waals surface area contributed by atoms with Crippen LogP contribution in [0.25, 0.3) is 72.4 Å². The first kappa shape index (κ1) is 57.9. The van der Waals surface area contributed by atoms with Gasteiger partial charge in [0.1, 0.15) is 0 Å². The van der Waals surface area contributed by atoms with Crippen LogP contribution >= 0.6 is 45.3 Å². The zero-order valence-corrected chi connectivity index (χ0v) is 54.4. The number of para-hydroxylation sites is 4. The lowest BCUT2D eigenvalue weighted by molar-refractivity contribution is 0.414. The molecule has 4 aromatic heterocycles.